The Morgan fingerprint density at radius 2 is 2.19 bits per heavy atom. The molecular weight excluding hydrogens is 227 g/mol. The van der Waals surface area contributed by atoms with Gasteiger partial charge in [0, 0.05) is 16.9 Å². The first-order valence-corrected chi connectivity index (χ1v) is 4.35. The van der Waals surface area contributed by atoms with E-state index >= 15 is 0 Å². The minimum Gasteiger partial charge on any atom is -0.458 e. The maximum Gasteiger partial charge on any atom is 0.416 e. The second-order valence-corrected chi connectivity index (χ2v) is 2.86. The van der Waals surface area contributed by atoms with Crippen molar-refractivity contribution in [1.29, 1.82) is 0 Å². The predicted molar refractivity (Wildman–Crippen MR) is 44.8 cm³/mol. The van der Waals surface area contributed by atoms with Crippen LogP contribution in [0.4, 0.5) is 13.2 Å². The van der Waals surface area contributed by atoms with Crippen molar-refractivity contribution in [2.45, 2.75) is 13.1 Å². The normalized spacial score (nSPS) is 11.2. The number of rotatable bonds is 2. The summed E-state index contributed by atoms with van der Waals surface area (Å²) in [5, 5.41) is 9.15. The summed E-state index contributed by atoms with van der Waals surface area (Å²) in [5.41, 5.74) is -1.60. The number of carbonyl (C=O) groups is 1. The molecule has 0 bridgehead atoms. The van der Waals surface area contributed by atoms with Crippen molar-refractivity contribution in [2.75, 3.05) is 6.61 Å². The summed E-state index contributed by atoms with van der Waals surface area (Å²) in [4.78, 5) is 11.2. The first kappa shape index (κ1) is 12.3. The van der Waals surface area contributed by atoms with Gasteiger partial charge in [0.2, 0.25) is 6.20 Å². The van der Waals surface area contributed by atoms with Crippen LogP contribution in [0.2, 0.25) is 0 Å². The Labute approximate surface area is 88.8 Å². The highest BCUT2D eigenvalue weighted by Gasteiger charge is 2.34. The minimum atomic E-state index is -4.57. The molecule has 88 valence electrons. The Balaban J connectivity index is 3.14. The number of halogens is 3. The van der Waals surface area contributed by atoms with Crippen LogP contribution >= 0.6 is 0 Å². The quantitative estimate of drug-likeness (QED) is 0.480. The van der Waals surface area contributed by atoms with Crippen molar-refractivity contribution < 1.29 is 32.6 Å². The summed E-state index contributed by atoms with van der Waals surface area (Å²) in [7, 11) is 0. The molecule has 1 heterocycles. The minimum absolute atomic E-state index is 0.00901. The fourth-order valence-electron chi connectivity index (χ4n) is 1.03. The van der Waals surface area contributed by atoms with Crippen molar-refractivity contribution in [1.82, 2.24) is 0 Å². The van der Waals surface area contributed by atoms with Gasteiger partial charge in [0.25, 0.3) is 0 Å². The maximum atomic E-state index is 12.3. The lowest BCUT2D eigenvalue weighted by Crippen LogP contribution is -2.38. The summed E-state index contributed by atoms with van der Waals surface area (Å²) in [6, 6.07) is 1.18. The van der Waals surface area contributed by atoms with E-state index in [1.54, 1.807) is 0 Å². The van der Waals surface area contributed by atoms with Crippen molar-refractivity contribution in [2.24, 2.45) is 0 Å². The molecule has 1 N–H and O–H groups in total. The molecule has 0 amide bonds. The van der Waals surface area contributed by atoms with Gasteiger partial charge < -0.3 is 4.74 Å². The molecule has 0 atom stereocenters. The lowest BCUT2D eigenvalue weighted by Gasteiger charge is -2.05. The molecule has 4 nitrogen and oxygen atoms in total. The van der Waals surface area contributed by atoms with Crippen molar-refractivity contribution >= 4 is 5.97 Å². The highest BCUT2D eigenvalue weighted by molar-refractivity contribution is 5.85. The van der Waals surface area contributed by atoms with E-state index in [2.05, 4.69) is 4.74 Å². The van der Waals surface area contributed by atoms with E-state index in [-0.39, 0.29) is 11.3 Å². The maximum absolute atomic E-state index is 12.3. The van der Waals surface area contributed by atoms with Gasteiger partial charge in [0.15, 0.2) is 0 Å². The molecule has 0 aliphatic heterocycles. The SMILES string of the molecule is CCOC(=O)c1cc(C(F)(F)F)cc[n+]1O. The second-order valence-electron chi connectivity index (χ2n) is 2.86. The second kappa shape index (κ2) is 4.38. The smallest absolute Gasteiger partial charge is 0.416 e. The van der Waals surface area contributed by atoms with Crippen LogP contribution in [0.25, 0.3) is 0 Å². The Hall–Kier alpha value is -1.79. The van der Waals surface area contributed by atoms with Gasteiger partial charge in [-0.15, -0.1) is 0 Å². The first-order valence-electron chi connectivity index (χ1n) is 4.35. The molecule has 0 spiro atoms. The Morgan fingerprint density at radius 1 is 1.56 bits per heavy atom. The molecule has 0 aromatic carbocycles. The van der Waals surface area contributed by atoms with Gasteiger partial charge in [0.1, 0.15) is 0 Å². The van der Waals surface area contributed by atoms with Gasteiger partial charge in [0.05, 0.1) is 12.2 Å². The van der Waals surface area contributed by atoms with Crippen LogP contribution < -0.4 is 4.73 Å². The molecule has 0 aliphatic carbocycles. The van der Waals surface area contributed by atoms with Crippen molar-refractivity contribution in [3.63, 3.8) is 0 Å². The van der Waals surface area contributed by atoms with Crippen LogP contribution in [0, 0.1) is 0 Å². The fourth-order valence-corrected chi connectivity index (χ4v) is 1.03. The third kappa shape index (κ3) is 2.62. The van der Waals surface area contributed by atoms with E-state index in [1.807, 2.05) is 0 Å². The van der Waals surface area contributed by atoms with Crippen LogP contribution in [0.3, 0.4) is 0 Å². The highest BCUT2D eigenvalue weighted by Crippen LogP contribution is 2.28. The highest BCUT2D eigenvalue weighted by atomic mass is 19.4. The molecule has 0 saturated carbocycles. The number of hydrogen-bond acceptors (Lipinski definition) is 3. The molecule has 0 fully saturated rings. The van der Waals surface area contributed by atoms with Gasteiger partial charge in [-0.3, -0.25) is 5.21 Å². The number of pyridine rings is 1. The van der Waals surface area contributed by atoms with Crippen LogP contribution in [0.5, 0.6) is 0 Å². The molecule has 0 radical (unpaired) electrons. The average Bonchev–Trinajstić information content (AvgIpc) is 2.16. The van der Waals surface area contributed by atoms with E-state index in [0.717, 1.165) is 6.20 Å². The third-order valence-corrected chi connectivity index (χ3v) is 1.75. The van der Waals surface area contributed by atoms with Gasteiger partial charge in [-0.25, -0.2) is 4.79 Å². The lowest BCUT2D eigenvalue weighted by molar-refractivity contribution is -0.906. The molecule has 0 saturated heterocycles. The number of alkyl halides is 3. The Morgan fingerprint density at radius 3 is 2.69 bits per heavy atom. The number of carbonyl (C=O) groups excluding carboxylic acids is 1. The van der Waals surface area contributed by atoms with E-state index in [1.165, 1.54) is 6.92 Å². The summed E-state index contributed by atoms with van der Waals surface area (Å²) >= 11 is 0. The Bertz CT molecular complexity index is 403. The zero-order chi connectivity index (χ0) is 12.3. The molecule has 0 unspecified atom stereocenters. The first-order chi connectivity index (χ1) is 7.36. The van der Waals surface area contributed by atoms with Gasteiger partial charge >= 0.3 is 17.8 Å². The van der Waals surface area contributed by atoms with Crippen LogP contribution in [-0.2, 0) is 10.9 Å². The van der Waals surface area contributed by atoms with E-state index in [0.29, 0.717) is 12.1 Å². The standard InChI is InChI=1S/C9H9F3NO3/c1-2-16-8(14)7-5-6(9(10,11)12)3-4-13(7)15/h3-5,15H,2H2,1H3/q+1. The van der Waals surface area contributed by atoms with E-state index in [9.17, 15) is 18.0 Å². The molecule has 1 rings (SSSR count). The zero-order valence-electron chi connectivity index (χ0n) is 8.28. The number of esters is 1. The van der Waals surface area contributed by atoms with Crippen molar-refractivity contribution in [3.05, 3.63) is 29.6 Å². The van der Waals surface area contributed by atoms with E-state index in [4.69, 9.17) is 5.21 Å². The van der Waals surface area contributed by atoms with Gasteiger partial charge in [-0.1, -0.05) is 0 Å². The largest absolute Gasteiger partial charge is 0.458 e. The molecule has 1 aromatic heterocycles. The summed E-state index contributed by atoms with van der Waals surface area (Å²) in [6.07, 6.45) is -3.84. The summed E-state index contributed by atoms with van der Waals surface area (Å²) in [6.45, 7) is 1.52. The topological polar surface area (TPSA) is 50.4 Å². The predicted octanol–water partition coefficient (Wildman–Crippen LogP) is 1.41. The molecular formula is C9H9F3NO3+. The number of aromatic nitrogens is 1. The summed E-state index contributed by atoms with van der Waals surface area (Å²) in [5.74, 6) is -1.02. The third-order valence-electron chi connectivity index (χ3n) is 1.75. The molecule has 16 heavy (non-hydrogen) atoms. The number of hydrogen-bond donors (Lipinski definition) is 1. The zero-order valence-corrected chi connectivity index (χ0v) is 8.28. The molecule has 0 aliphatic rings. The molecule has 7 heteroatoms. The van der Waals surface area contributed by atoms with Crippen LogP contribution in [-0.4, -0.2) is 17.8 Å². The van der Waals surface area contributed by atoms with Crippen LogP contribution in [0.1, 0.15) is 23.0 Å². The number of ether oxygens (including phenoxy) is 1. The van der Waals surface area contributed by atoms with Gasteiger partial charge in [-0.2, -0.15) is 13.2 Å². The van der Waals surface area contributed by atoms with Crippen LogP contribution in [0.15, 0.2) is 18.3 Å². The van der Waals surface area contributed by atoms with Gasteiger partial charge in [-0.05, 0) is 6.92 Å². The van der Waals surface area contributed by atoms with E-state index < -0.39 is 23.4 Å². The number of nitrogens with zero attached hydrogens (tertiary/aromatic N) is 1. The summed E-state index contributed by atoms with van der Waals surface area (Å²) < 4.78 is 41.7. The Kier molecular flexibility index (Phi) is 3.36. The lowest BCUT2D eigenvalue weighted by atomic mass is 10.2. The molecule has 1 aromatic rings. The fraction of sp³-hybridized carbons (Fsp3) is 0.333. The average molecular weight is 236 g/mol. The van der Waals surface area contributed by atoms with Crippen molar-refractivity contribution in [3.8, 4) is 0 Å². The monoisotopic (exact) mass is 236 g/mol.